The van der Waals surface area contributed by atoms with Crippen molar-refractivity contribution in [3.63, 3.8) is 0 Å². The zero-order valence-electron chi connectivity index (χ0n) is 13.9. The van der Waals surface area contributed by atoms with Crippen LogP contribution >= 0.6 is 11.6 Å². The largest absolute Gasteiger partial charge is 0.339 e. The molecule has 0 N–H and O–H groups in total. The van der Waals surface area contributed by atoms with E-state index in [1.165, 1.54) is 12.1 Å². The van der Waals surface area contributed by atoms with E-state index >= 15 is 0 Å². The number of hydrogen-bond acceptors (Lipinski definition) is 4. The number of halogens is 2. The van der Waals surface area contributed by atoms with Crippen molar-refractivity contribution < 1.29 is 13.7 Å². The number of aromatic nitrogens is 2. The molecule has 0 bridgehead atoms. The van der Waals surface area contributed by atoms with E-state index in [1.807, 2.05) is 13.0 Å². The summed E-state index contributed by atoms with van der Waals surface area (Å²) in [6.07, 6.45) is 0.243. The monoisotopic (exact) mass is 371 g/mol. The van der Waals surface area contributed by atoms with Crippen molar-refractivity contribution in [2.24, 2.45) is 0 Å². The quantitative estimate of drug-likeness (QED) is 0.686. The molecule has 0 radical (unpaired) electrons. The van der Waals surface area contributed by atoms with Crippen molar-refractivity contribution in [2.75, 3.05) is 11.4 Å². The summed E-state index contributed by atoms with van der Waals surface area (Å²) in [6.45, 7) is 2.22. The van der Waals surface area contributed by atoms with E-state index in [9.17, 15) is 9.18 Å². The van der Waals surface area contributed by atoms with Gasteiger partial charge in [0.1, 0.15) is 5.82 Å². The summed E-state index contributed by atoms with van der Waals surface area (Å²) < 4.78 is 19.0. The van der Waals surface area contributed by atoms with E-state index < -0.39 is 0 Å². The minimum absolute atomic E-state index is 0.0915. The number of carbonyl (C=O) groups is 1. The molecule has 1 aliphatic rings. The smallest absolute Gasteiger partial charge is 0.232 e. The number of anilines is 1. The topological polar surface area (TPSA) is 59.2 Å². The summed E-state index contributed by atoms with van der Waals surface area (Å²) in [4.78, 5) is 18.4. The van der Waals surface area contributed by atoms with Gasteiger partial charge in [0.05, 0.1) is 5.92 Å². The first kappa shape index (κ1) is 16.7. The van der Waals surface area contributed by atoms with Crippen molar-refractivity contribution >= 4 is 23.2 Å². The molecule has 4 rings (SSSR count). The Kier molecular flexibility index (Phi) is 4.20. The van der Waals surface area contributed by atoms with Crippen LogP contribution < -0.4 is 4.90 Å². The summed E-state index contributed by atoms with van der Waals surface area (Å²) in [7, 11) is 0. The summed E-state index contributed by atoms with van der Waals surface area (Å²) in [6, 6.07) is 11.6. The van der Waals surface area contributed by atoms with Crippen LogP contribution in [-0.4, -0.2) is 22.6 Å². The molecule has 0 saturated carbocycles. The van der Waals surface area contributed by atoms with Crippen molar-refractivity contribution in [2.45, 2.75) is 19.3 Å². The number of amides is 1. The lowest BCUT2D eigenvalue weighted by Gasteiger charge is -2.18. The van der Waals surface area contributed by atoms with Crippen LogP contribution in [0.2, 0.25) is 5.02 Å². The number of aryl methyl sites for hydroxylation is 1. The Morgan fingerprint density at radius 1 is 1.27 bits per heavy atom. The molecule has 132 valence electrons. The van der Waals surface area contributed by atoms with Crippen LogP contribution in [0.15, 0.2) is 47.0 Å². The normalized spacial score (nSPS) is 17.1. The van der Waals surface area contributed by atoms with Crippen LogP contribution in [0, 0.1) is 12.7 Å². The van der Waals surface area contributed by atoms with Crippen LogP contribution in [0.3, 0.4) is 0 Å². The van der Waals surface area contributed by atoms with Gasteiger partial charge in [0.2, 0.25) is 17.6 Å². The second-order valence-electron chi connectivity index (χ2n) is 6.30. The Hall–Kier alpha value is -2.73. The number of rotatable bonds is 3. The zero-order chi connectivity index (χ0) is 18.3. The molecule has 2 heterocycles. The van der Waals surface area contributed by atoms with Gasteiger partial charge in [0.25, 0.3) is 0 Å². The maximum absolute atomic E-state index is 13.6. The van der Waals surface area contributed by atoms with E-state index in [4.69, 9.17) is 16.1 Å². The van der Waals surface area contributed by atoms with Crippen LogP contribution in [0.1, 0.15) is 23.8 Å². The fraction of sp³-hybridized carbons (Fsp3) is 0.211. The maximum atomic E-state index is 13.6. The first-order valence-corrected chi connectivity index (χ1v) is 8.55. The highest BCUT2D eigenvalue weighted by molar-refractivity contribution is 6.30. The number of benzene rings is 2. The van der Waals surface area contributed by atoms with Gasteiger partial charge in [-0.05, 0) is 36.8 Å². The lowest BCUT2D eigenvalue weighted by Crippen LogP contribution is -2.25. The number of nitrogens with zero attached hydrogens (tertiary/aromatic N) is 3. The molecule has 1 aromatic heterocycles. The number of hydrogen-bond donors (Lipinski definition) is 0. The highest BCUT2D eigenvalue weighted by atomic mass is 35.5. The third-order valence-corrected chi connectivity index (χ3v) is 4.70. The van der Waals surface area contributed by atoms with Gasteiger partial charge >= 0.3 is 0 Å². The second kappa shape index (κ2) is 6.53. The lowest BCUT2D eigenvalue weighted by atomic mass is 10.1. The van der Waals surface area contributed by atoms with Crippen LogP contribution in [0.4, 0.5) is 10.1 Å². The standard InChI is InChI=1S/C19H15ClFN3O2/c1-11-5-6-15(21)9-16(11)24-10-13(8-17(24)25)19-22-18(23-26-19)12-3-2-4-14(20)7-12/h2-7,9,13H,8,10H2,1H3. The molecule has 0 spiro atoms. The van der Waals surface area contributed by atoms with Crippen LogP contribution in [-0.2, 0) is 4.79 Å². The van der Waals surface area contributed by atoms with E-state index in [2.05, 4.69) is 10.1 Å². The first-order chi connectivity index (χ1) is 12.5. The molecule has 1 amide bonds. The van der Waals surface area contributed by atoms with Crippen molar-refractivity contribution in [1.82, 2.24) is 10.1 Å². The average Bonchev–Trinajstić information content (AvgIpc) is 3.24. The summed E-state index contributed by atoms with van der Waals surface area (Å²) >= 11 is 5.99. The third kappa shape index (κ3) is 3.08. The van der Waals surface area contributed by atoms with Crippen molar-refractivity contribution in [1.29, 1.82) is 0 Å². The van der Waals surface area contributed by atoms with Crippen molar-refractivity contribution in [3.8, 4) is 11.4 Å². The van der Waals surface area contributed by atoms with E-state index in [1.54, 1.807) is 29.2 Å². The zero-order valence-corrected chi connectivity index (χ0v) is 14.7. The van der Waals surface area contributed by atoms with Crippen LogP contribution in [0.5, 0.6) is 0 Å². The molecule has 1 saturated heterocycles. The van der Waals surface area contributed by atoms with Gasteiger partial charge in [0.15, 0.2) is 0 Å². The third-order valence-electron chi connectivity index (χ3n) is 4.46. The minimum Gasteiger partial charge on any atom is -0.339 e. The lowest BCUT2D eigenvalue weighted by molar-refractivity contribution is -0.117. The van der Waals surface area contributed by atoms with Crippen LogP contribution in [0.25, 0.3) is 11.4 Å². The molecule has 1 atom stereocenters. The molecule has 5 nitrogen and oxygen atoms in total. The average molecular weight is 372 g/mol. The van der Waals surface area contributed by atoms with Gasteiger partial charge in [0, 0.05) is 29.2 Å². The molecule has 7 heteroatoms. The Morgan fingerprint density at radius 2 is 2.12 bits per heavy atom. The predicted octanol–water partition coefficient (Wildman–Crippen LogP) is 4.36. The summed E-state index contributed by atoms with van der Waals surface area (Å²) in [5.74, 6) is 0.125. The Morgan fingerprint density at radius 3 is 2.92 bits per heavy atom. The van der Waals surface area contributed by atoms with Gasteiger partial charge in [-0.2, -0.15) is 4.98 Å². The molecule has 3 aromatic rings. The highest BCUT2D eigenvalue weighted by Crippen LogP contribution is 2.33. The maximum Gasteiger partial charge on any atom is 0.232 e. The van der Waals surface area contributed by atoms with Gasteiger partial charge in [-0.1, -0.05) is 35.0 Å². The SMILES string of the molecule is Cc1ccc(F)cc1N1CC(c2nc(-c3cccc(Cl)c3)no2)CC1=O. The van der Waals surface area contributed by atoms with Gasteiger partial charge in [-0.25, -0.2) is 4.39 Å². The fourth-order valence-corrected chi connectivity index (χ4v) is 3.32. The molecular formula is C19H15ClFN3O2. The Labute approximate surface area is 154 Å². The minimum atomic E-state index is -0.372. The van der Waals surface area contributed by atoms with E-state index in [0.29, 0.717) is 29.0 Å². The van der Waals surface area contributed by atoms with Gasteiger partial charge in [-0.15, -0.1) is 0 Å². The Balaban J connectivity index is 1.59. The second-order valence-corrected chi connectivity index (χ2v) is 6.74. The van der Waals surface area contributed by atoms with E-state index in [0.717, 1.165) is 11.1 Å². The summed E-state index contributed by atoms with van der Waals surface area (Å²) in [5.41, 5.74) is 2.16. The molecule has 1 aliphatic heterocycles. The van der Waals surface area contributed by atoms with Gasteiger partial charge in [-0.3, -0.25) is 4.79 Å². The molecule has 1 unspecified atom stereocenters. The molecule has 0 aliphatic carbocycles. The predicted molar refractivity (Wildman–Crippen MR) is 95.6 cm³/mol. The molecular weight excluding hydrogens is 357 g/mol. The Bertz CT molecular complexity index is 988. The first-order valence-electron chi connectivity index (χ1n) is 8.17. The molecule has 1 fully saturated rings. The highest BCUT2D eigenvalue weighted by Gasteiger charge is 2.35. The fourth-order valence-electron chi connectivity index (χ4n) is 3.13. The molecule has 26 heavy (non-hydrogen) atoms. The molecule has 2 aromatic carbocycles. The van der Waals surface area contributed by atoms with E-state index in [-0.39, 0.29) is 24.1 Å². The van der Waals surface area contributed by atoms with Crippen molar-refractivity contribution in [3.05, 3.63) is 64.8 Å². The van der Waals surface area contributed by atoms with Gasteiger partial charge < -0.3 is 9.42 Å². The summed E-state index contributed by atoms with van der Waals surface area (Å²) in [5, 5.41) is 4.57. The number of carbonyl (C=O) groups excluding carboxylic acids is 1.